The third-order valence-corrected chi connectivity index (χ3v) is 3.46. The molecule has 1 aromatic rings. The van der Waals surface area contributed by atoms with Crippen LogP contribution in [0.25, 0.3) is 0 Å². The van der Waals surface area contributed by atoms with Gasteiger partial charge >= 0.3 is 0 Å². The molecule has 0 radical (unpaired) electrons. The number of hydrogen-bond donors (Lipinski definition) is 2. The van der Waals surface area contributed by atoms with Gasteiger partial charge in [-0.15, -0.1) is 0 Å². The van der Waals surface area contributed by atoms with E-state index in [1.807, 2.05) is 12.5 Å². The third kappa shape index (κ3) is 3.10. The number of carbonyl (C=O) groups excluding carboxylic acids is 1. The largest absolute Gasteiger partial charge is 0.353 e. The Morgan fingerprint density at radius 3 is 2.94 bits per heavy atom. The van der Waals surface area contributed by atoms with Gasteiger partial charge in [-0.25, -0.2) is 4.98 Å². The normalized spacial score (nSPS) is 18.9. The lowest BCUT2D eigenvalue weighted by Crippen LogP contribution is -2.29. The SMILES string of the molecule is O=C(CCNCc1cncn1C1CC1)NC1CC1. The number of carbonyl (C=O) groups is 1. The summed E-state index contributed by atoms with van der Waals surface area (Å²) in [4.78, 5) is 15.7. The molecule has 1 aromatic heterocycles. The van der Waals surface area contributed by atoms with E-state index in [1.54, 1.807) is 0 Å². The fraction of sp³-hybridized carbons (Fsp3) is 0.692. The molecule has 1 heterocycles. The first-order chi connectivity index (χ1) is 8.83. The van der Waals surface area contributed by atoms with Gasteiger partial charge in [-0.1, -0.05) is 0 Å². The van der Waals surface area contributed by atoms with Crippen molar-refractivity contribution in [1.82, 2.24) is 20.2 Å². The Morgan fingerprint density at radius 1 is 1.39 bits per heavy atom. The topological polar surface area (TPSA) is 59.0 Å². The molecule has 5 nitrogen and oxygen atoms in total. The number of hydrogen-bond acceptors (Lipinski definition) is 3. The number of rotatable bonds is 7. The molecule has 2 fully saturated rings. The predicted octanol–water partition coefficient (Wildman–Crippen LogP) is 0.976. The van der Waals surface area contributed by atoms with Gasteiger partial charge in [-0.05, 0) is 25.7 Å². The average Bonchev–Trinajstić information content (AvgIpc) is 3.27. The zero-order chi connectivity index (χ0) is 12.4. The molecule has 0 aliphatic heterocycles. The van der Waals surface area contributed by atoms with Crippen LogP contribution in [-0.2, 0) is 11.3 Å². The van der Waals surface area contributed by atoms with Crippen LogP contribution in [-0.4, -0.2) is 28.0 Å². The van der Waals surface area contributed by atoms with Crippen molar-refractivity contribution in [1.29, 1.82) is 0 Å². The van der Waals surface area contributed by atoms with Gasteiger partial charge < -0.3 is 15.2 Å². The average molecular weight is 248 g/mol. The highest BCUT2D eigenvalue weighted by Gasteiger charge is 2.25. The molecule has 98 valence electrons. The maximum atomic E-state index is 11.5. The van der Waals surface area contributed by atoms with Gasteiger partial charge in [0.2, 0.25) is 5.91 Å². The van der Waals surface area contributed by atoms with Crippen molar-refractivity contribution in [3.05, 3.63) is 18.2 Å². The molecule has 2 saturated carbocycles. The summed E-state index contributed by atoms with van der Waals surface area (Å²) in [5, 5.41) is 6.30. The van der Waals surface area contributed by atoms with Crippen LogP contribution in [0.1, 0.15) is 43.8 Å². The number of aromatic nitrogens is 2. The van der Waals surface area contributed by atoms with E-state index in [-0.39, 0.29) is 5.91 Å². The highest BCUT2D eigenvalue weighted by atomic mass is 16.1. The number of nitrogens with zero attached hydrogens (tertiary/aromatic N) is 2. The van der Waals surface area contributed by atoms with Crippen LogP contribution in [0, 0.1) is 0 Å². The van der Waals surface area contributed by atoms with Crippen molar-refractivity contribution in [2.45, 2.75) is 50.7 Å². The quantitative estimate of drug-likeness (QED) is 0.707. The molecule has 2 N–H and O–H groups in total. The lowest BCUT2D eigenvalue weighted by molar-refractivity contribution is -0.121. The number of imidazole rings is 1. The summed E-state index contributed by atoms with van der Waals surface area (Å²) in [7, 11) is 0. The summed E-state index contributed by atoms with van der Waals surface area (Å²) in [6.07, 6.45) is 9.23. The van der Waals surface area contributed by atoms with Gasteiger partial charge in [0.05, 0.1) is 12.0 Å². The van der Waals surface area contributed by atoms with E-state index in [0.29, 0.717) is 18.5 Å². The summed E-state index contributed by atoms with van der Waals surface area (Å²) in [5.41, 5.74) is 1.22. The van der Waals surface area contributed by atoms with Gasteiger partial charge in [-0.3, -0.25) is 4.79 Å². The molecule has 3 rings (SSSR count). The zero-order valence-corrected chi connectivity index (χ0v) is 10.6. The van der Waals surface area contributed by atoms with E-state index in [4.69, 9.17) is 0 Å². The van der Waals surface area contributed by atoms with Crippen molar-refractivity contribution in [3.63, 3.8) is 0 Å². The van der Waals surface area contributed by atoms with Crippen molar-refractivity contribution >= 4 is 5.91 Å². The first-order valence-electron chi connectivity index (χ1n) is 6.84. The second-order valence-electron chi connectivity index (χ2n) is 5.29. The van der Waals surface area contributed by atoms with E-state index in [0.717, 1.165) is 25.9 Å². The zero-order valence-electron chi connectivity index (χ0n) is 10.6. The molecule has 0 unspecified atom stereocenters. The molecule has 2 aliphatic rings. The standard InChI is InChI=1S/C13H20N4O/c18-13(16-10-1-2-10)5-6-14-7-12-8-15-9-17(12)11-3-4-11/h8-11,14H,1-7H2,(H,16,18). The lowest BCUT2D eigenvalue weighted by Gasteiger charge is -2.08. The molecular weight excluding hydrogens is 228 g/mol. The molecule has 0 aromatic carbocycles. The van der Waals surface area contributed by atoms with Crippen LogP contribution in [0.4, 0.5) is 0 Å². The summed E-state index contributed by atoms with van der Waals surface area (Å²) in [6.45, 7) is 1.53. The first-order valence-corrected chi connectivity index (χ1v) is 6.84. The van der Waals surface area contributed by atoms with Crippen molar-refractivity contribution in [2.24, 2.45) is 0 Å². The Hall–Kier alpha value is -1.36. The molecule has 2 aliphatic carbocycles. The molecule has 1 amide bonds. The molecule has 5 heteroatoms. The van der Waals surface area contributed by atoms with Gasteiger partial charge in [0.1, 0.15) is 0 Å². The van der Waals surface area contributed by atoms with Crippen LogP contribution in [0.5, 0.6) is 0 Å². The van der Waals surface area contributed by atoms with Crippen molar-refractivity contribution in [2.75, 3.05) is 6.54 Å². The first kappa shape index (κ1) is 11.7. The highest BCUT2D eigenvalue weighted by molar-refractivity contribution is 5.76. The molecule has 18 heavy (non-hydrogen) atoms. The molecule has 0 atom stereocenters. The highest BCUT2D eigenvalue weighted by Crippen LogP contribution is 2.35. The van der Waals surface area contributed by atoms with Crippen molar-refractivity contribution in [3.8, 4) is 0 Å². The van der Waals surface area contributed by atoms with E-state index < -0.39 is 0 Å². The summed E-state index contributed by atoms with van der Waals surface area (Å²) >= 11 is 0. The third-order valence-electron chi connectivity index (χ3n) is 3.46. The predicted molar refractivity (Wildman–Crippen MR) is 68.0 cm³/mol. The minimum atomic E-state index is 0.167. The minimum Gasteiger partial charge on any atom is -0.353 e. The minimum absolute atomic E-state index is 0.167. The number of amides is 1. The fourth-order valence-electron chi connectivity index (χ4n) is 2.10. The van der Waals surface area contributed by atoms with Gasteiger partial charge in [-0.2, -0.15) is 0 Å². The fourth-order valence-corrected chi connectivity index (χ4v) is 2.10. The van der Waals surface area contributed by atoms with E-state index >= 15 is 0 Å². The Labute approximate surface area is 107 Å². The Bertz CT molecular complexity index is 420. The van der Waals surface area contributed by atoms with Crippen LogP contribution >= 0.6 is 0 Å². The summed E-state index contributed by atoms with van der Waals surface area (Å²) in [5.74, 6) is 0.167. The Morgan fingerprint density at radius 2 is 2.22 bits per heavy atom. The van der Waals surface area contributed by atoms with Crippen LogP contribution in [0.3, 0.4) is 0 Å². The Kier molecular flexibility index (Phi) is 3.32. The van der Waals surface area contributed by atoms with Gasteiger partial charge in [0, 0.05) is 37.8 Å². The van der Waals surface area contributed by atoms with Crippen molar-refractivity contribution < 1.29 is 4.79 Å². The van der Waals surface area contributed by atoms with Crippen LogP contribution < -0.4 is 10.6 Å². The maximum absolute atomic E-state index is 11.5. The van der Waals surface area contributed by atoms with Gasteiger partial charge in [0.25, 0.3) is 0 Å². The van der Waals surface area contributed by atoms with Crippen LogP contribution in [0.2, 0.25) is 0 Å². The summed E-state index contributed by atoms with van der Waals surface area (Å²) < 4.78 is 2.25. The molecular formula is C13H20N4O. The lowest BCUT2D eigenvalue weighted by atomic mass is 10.3. The summed E-state index contributed by atoms with van der Waals surface area (Å²) in [6, 6.07) is 1.14. The molecule has 0 saturated heterocycles. The molecule has 0 spiro atoms. The second kappa shape index (κ2) is 5.10. The Balaban J connectivity index is 1.35. The number of nitrogens with one attached hydrogen (secondary N) is 2. The van der Waals surface area contributed by atoms with E-state index in [2.05, 4.69) is 20.2 Å². The smallest absolute Gasteiger partial charge is 0.221 e. The monoisotopic (exact) mass is 248 g/mol. The second-order valence-corrected chi connectivity index (χ2v) is 5.29. The van der Waals surface area contributed by atoms with Gasteiger partial charge in [0.15, 0.2) is 0 Å². The molecule has 0 bridgehead atoms. The maximum Gasteiger partial charge on any atom is 0.221 e. The van der Waals surface area contributed by atoms with E-state index in [9.17, 15) is 4.79 Å². The van der Waals surface area contributed by atoms with E-state index in [1.165, 1.54) is 18.5 Å². The van der Waals surface area contributed by atoms with Crippen LogP contribution in [0.15, 0.2) is 12.5 Å².